The van der Waals surface area contributed by atoms with Gasteiger partial charge in [0.25, 0.3) is 0 Å². The lowest BCUT2D eigenvalue weighted by atomic mass is 10.3. The largest absolute Gasteiger partial charge is 0.427 e. The summed E-state index contributed by atoms with van der Waals surface area (Å²) in [7, 11) is 0. The Hall–Kier alpha value is -0.620. The van der Waals surface area contributed by atoms with Gasteiger partial charge in [-0.05, 0) is 6.42 Å². The maximum atomic E-state index is 12.1. The van der Waals surface area contributed by atoms with Gasteiger partial charge in [-0.25, -0.2) is 4.98 Å². The Morgan fingerprint density at radius 3 is 2.62 bits per heavy atom. The molecule has 13 heavy (non-hydrogen) atoms. The van der Waals surface area contributed by atoms with Crippen LogP contribution in [0, 0.1) is 0 Å². The van der Waals surface area contributed by atoms with Crippen molar-refractivity contribution in [2.24, 2.45) is 5.73 Å². The molecule has 0 saturated heterocycles. The second-order valence-electron chi connectivity index (χ2n) is 2.58. The van der Waals surface area contributed by atoms with Crippen molar-refractivity contribution in [2.75, 3.05) is 0 Å². The summed E-state index contributed by atoms with van der Waals surface area (Å²) in [5.41, 5.74) is 5.53. The normalized spacial score (nSPS) is 14.5. The molecule has 2 nitrogen and oxygen atoms in total. The molecular weight excluding hydrogens is 201 g/mol. The van der Waals surface area contributed by atoms with E-state index in [9.17, 15) is 13.2 Å². The van der Waals surface area contributed by atoms with Crippen LogP contribution in [0.4, 0.5) is 13.2 Å². The minimum atomic E-state index is -4.30. The highest BCUT2D eigenvalue weighted by Gasteiger charge is 2.33. The van der Waals surface area contributed by atoms with Gasteiger partial charge in [0.1, 0.15) is 9.88 Å². The third-order valence-corrected chi connectivity index (χ3v) is 2.73. The summed E-state index contributed by atoms with van der Waals surface area (Å²) in [5, 5.41) is 0.342. The number of aromatic nitrogens is 1. The summed E-state index contributed by atoms with van der Waals surface area (Å²) in [4.78, 5) is 2.94. The predicted molar refractivity (Wildman–Crippen MR) is 44.3 cm³/mol. The van der Waals surface area contributed by atoms with Crippen molar-refractivity contribution in [3.8, 4) is 0 Å². The molecule has 0 radical (unpaired) electrons. The third kappa shape index (κ3) is 2.41. The first kappa shape index (κ1) is 10.5. The molecule has 0 aromatic carbocycles. The Morgan fingerprint density at radius 2 is 2.23 bits per heavy atom. The van der Waals surface area contributed by atoms with Gasteiger partial charge in [-0.15, -0.1) is 11.3 Å². The first-order valence-electron chi connectivity index (χ1n) is 3.73. The molecule has 0 aliphatic rings. The van der Waals surface area contributed by atoms with Crippen LogP contribution in [0.25, 0.3) is 0 Å². The molecule has 0 amide bonds. The Labute approximate surface area is 77.6 Å². The number of thiazole rings is 1. The van der Waals surface area contributed by atoms with Gasteiger partial charge in [0.05, 0.1) is 12.2 Å². The molecule has 1 unspecified atom stereocenters. The molecule has 0 spiro atoms. The highest BCUT2D eigenvalue weighted by Crippen LogP contribution is 2.34. The van der Waals surface area contributed by atoms with Crippen molar-refractivity contribution in [1.29, 1.82) is 0 Å². The van der Waals surface area contributed by atoms with Crippen LogP contribution in [-0.2, 0) is 6.18 Å². The molecule has 74 valence electrons. The molecule has 1 aromatic rings. The average Bonchev–Trinajstić information content (AvgIpc) is 2.50. The van der Waals surface area contributed by atoms with Gasteiger partial charge < -0.3 is 5.73 Å². The number of nitrogens with zero attached hydrogens (tertiary/aromatic N) is 1. The van der Waals surface area contributed by atoms with E-state index in [1.807, 2.05) is 0 Å². The van der Waals surface area contributed by atoms with Crippen LogP contribution < -0.4 is 5.73 Å². The van der Waals surface area contributed by atoms with Crippen LogP contribution in [0.2, 0.25) is 0 Å². The Bertz CT molecular complexity index is 282. The van der Waals surface area contributed by atoms with Crippen molar-refractivity contribution in [1.82, 2.24) is 4.98 Å². The van der Waals surface area contributed by atoms with Crippen LogP contribution in [0.5, 0.6) is 0 Å². The zero-order chi connectivity index (χ0) is 10.1. The van der Waals surface area contributed by atoms with Gasteiger partial charge >= 0.3 is 6.18 Å². The zero-order valence-corrected chi connectivity index (χ0v) is 7.75. The van der Waals surface area contributed by atoms with Crippen molar-refractivity contribution < 1.29 is 13.2 Å². The number of alkyl halides is 3. The van der Waals surface area contributed by atoms with Crippen molar-refractivity contribution in [3.05, 3.63) is 16.1 Å². The van der Waals surface area contributed by atoms with E-state index in [1.165, 1.54) is 0 Å². The second kappa shape index (κ2) is 3.63. The molecule has 1 atom stereocenters. The monoisotopic (exact) mass is 210 g/mol. The van der Waals surface area contributed by atoms with E-state index in [-0.39, 0.29) is 6.04 Å². The molecule has 6 heteroatoms. The maximum Gasteiger partial charge on any atom is 0.427 e. The molecule has 1 rings (SSSR count). The predicted octanol–water partition coefficient (Wildman–Crippen LogP) is 2.57. The highest BCUT2D eigenvalue weighted by atomic mass is 32.1. The van der Waals surface area contributed by atoms with E-state index < -0.39 is 11.1 Å². The first-order chi connectivity index (χ1) is 5.95. The molecule has 0 aliphatic heterocycles. The lowest BCUT2D eigenvalue weighted by Gasteiger charge is -2.03. The number of rotatable bonds is 2. The molecule has 2 N–H and O–H groups in total. The van der Waals surface area contributed by atoms with Crippen LogP contribution >= 0.6 is 11.3 Å². The second-order valence-corrected chi connectivity index (χ2v) is 3.64. The van der Waals surface area contributed by atoms with Gasteiger partial charge in [-0.1, -0.05) is 6.92 Å². The van der Waals surface area contributed by atoms with Crippen LogP contribution in [-0.4, -0.2) is 4.98 Å². The Kier molecular flexibility index (Phi) is 2.92. The number of hydrogen-bond acceptors (Lipinski definition) is 3. The van der Waals surface area contributed by atoms with E-state index in [4.69, 9.17) is 5.73 Å². The molecule has 0 bridgehead atoms. The van der Waals surface area contributed by atoms with E-state index in [1.54, 1.807) is 6.92 Å². The van der Waals surface area contributed by atoms with E-state index >= 15 is 0 Å². The molecule has 1 heterocycles. The van der Waals surface area contributed by atoms with Crippen molar-refractivity contribution in [2.45, 2.75) is 25.6 Å². The highest BCUT2D eigenvalue weighted by molar-refractivity contribution is 7.11. The number of halogens is 3. The molecule has 0 fully saturated rings. The van der Waals surface area contributed by atoms with Gasteiger partial charge in [0.15, 0.2) is 0 Å². The van der Waals surface area contributed by atoms with Crippen molar-refractivity contribution in [3.63, 3.8) is 0 Å². The van der Waals surface area contributed by atoms with Gasteiger partial charge in [-0.2, -0.15) is 13.2 Å². The standard InChI is InChI=1S/C7H9F3N2S/c1-2-4(11)6-12-3-5(13-6)7(8,9)10/h3-4H,2,11H2,1H3. The lowest BCUT2D eigenvalue weighted by molar-refractivity contribution is -0.134. The van der Waals surface area contributed by atoms with E-state index in [0.717, 1.165) is 6.20 Å². The quantitative estimate of drug-likeness (QED) is 0.814. The topological polar surface area (TPSA) is 38.9 Å². The molecular formula is C7H9F3N2S. The van der Waals surface area contributed by atoms with Crippen LogP contribution in [0.1, 0.15) is 29.3 Å². The van der Waals surface area contributed by atoms with Crippen LogP contribution in [0.15, 0.2) is 6.20 Å². The fourth-order valence-electron chi connectivity index (χ4n) is 0.765. The summed E-state index contributed by atoms with van der Waals surface area (Å²) in [6.45, 7) is 1.80. The van der Waals surface area contributed by atoms with E-state index in [2.05, 4.69) is 4.98 Å². The summed E-state index contributed by atoms with van der Waals surface area (Å²) >= 11 is 0.611. The van der Waals surface area contributed by atoms with Crippen LogP contribution in [0.3, 0.4) is 0 Å². The average molecular weight is 210 g/mol. The minimum Gasteiger partial charge on any atom is -0.322 e. The fraction of sp³-hybridized carbons (Fsp3) is 0.571. The summed E-state index contributed by atoms with van der Waals surface area (Å²) in [5.74, 6) is 0. The maximum absolute atomic E-state index is 12.1. The van der Waals surface area contributed by atoms with Gasteiger partial charge in [0.2, 0.25) is 0 Å². The Morgan fingerprint density at radius 1 is 1.62 bits per heavy atom. The van der Waals surface area contributed by atoms with Gasteiger partial charge in [-0.3, -0.25) is 0 Å². The minimum absolute atomic E-state index is 0.342. The lowest BCUT2D eigenvalue weighted by Crippen LogP contribution is -2.07. The zero-order valence-electron chi connectivity index (χ0n) is 6.93. The fourth-order valence-corrected chi connectivity index (χ4v) is 1.63. The Balaban J connectivity index is 2.87. The molecule has 1 aromatic heterocycles. The molecule has 0 aliphatic carbocycles. The first-order valence-corrected chi connectivity index (χ1v) is 4.55. The van der Waals surface area contributed by atoms with Crippen molar-refractivity contribution >= 4 is 11.3 Å². The smallest absolute Gasteiger partial charge is 0.322 e. The third-order valence-electron chi connectivity index (χ3n) is 1.56. The summed E-state index contributed by atoms with van der Waals surface area (Å²) < 4.78 is 36.3. The molecule has 0 saturated carbocycles. The number of nitrogens with two attached hydrogens (primary N) is 1. The summed E-state index contributed by atoms with van der Waals surface area (Å²) in [6, 6.07) is -0.388. The summed E-state index contributed by atoms with van der Waals surface area (Å²) in [6.07, 6.45) is -2.89. The SMILES string of the molecule is CCC(N)c1ncc(C(F)(F)F)s1. The van der Waals surface area contributed by atoms with E-state index in [0.29, 0.717) is 22.8 Å². The number of hydrogen-bond donors (Lipinski definition) is 1. The van der Waals surface area contributed by atoms with Gasteiger partial charge in [0, 0.05) is 0 Å².